The molecule has 0 aliphatic heterocycles. The van der Waals surface area contributed by atoms with Crippen molar-refractivity contribution in [2.45, 2.75) is 88.6 Å². The van der Waals surface area contributed by atoms with Gasteiger partial charge in [0.15, 0.2) is 13.9 Å². The third kappa shape index (κ3) is 2.52. The van der Waals surface area contributed by atoms with Crippen LogP contribution in [0.1, 0.15) is 59.3 Å². The summed E-state index contributed by atoms with van der Waals surface area (Å²) in [6.45, 7) is 10.8. The molecule has 5 nitrogen and oxygen atoms in total. The predicted molar refractivity (Wildman–Crippen MR) is 87.3 cm³/mol. The standard InChI is InChI=1S/C16H28N2O3Si/c1-14(2,3)22(4,5)21-15-9-6-7-10-16(15,20)13(18-17)12(19)8-11-15/h20H,6-11H2,1-5H3/t15-,16+/m1/s1. The number of ketones is 1. The Labute approximate surface area is 133 Å². The zero-order valence-electron chi connectivity index (χ0n) is 14.4. The maximum absolute atomic E-state index is 12.1. The lowest BCUT2D eigenvalue weighted by Crippen LogP contribution is -2.70. The molecule has 0 heterocycles. The third-order valence-electron chi connectivity index (χ3n) is 5.89. The van der Waals surface area contributed by atoms with Gasteiger partial charge in [-0.3, -0.25) is 4.79 Å². The maximum Gasteiger partial charge on any atom is 0.368 e. The molecule has 22 heavy (non-hydrogen) atoms. The lowest BCUT2D eigenvalue weighted by Gasteiger charge is -2.54. The van der Waals surface area contributed by atoms with Crippen LogP contribution in [0.5, 0.6) is 0 Å². The van der Waals surface area contributed by atoms with Crippen molar-refractivity contribution in [1.29, 1.82) is 0 Å². The van der Waals surface area contributed by atoms with Gasteiger partial charge in [0, 0.05) is 6.42 Å². The smallest absolute Gasteiger partial charge is 0.368 e. The van der Waals surface area contributed by atoms with E-state index in [1.54, 1.807) is 0 Å². The van der Waals surface area contributed by atoms with Crippen molar-refractivity contribution in [2.24, 2.45) is 0 Å². The van der Waals surface area contributed by atoms with E-state index in [0.29, 0.717) is 19.3 Å². The SMILES string of the molecule is CC(C)(C)[Si](C)(C)O[C@@]12CCCC[C@]1(O)C(=[N+]=[N-])C(=O)CC2. The van der Waals surface area contributed by atoms with Crippen molar-refractivity contribution >= 4 is 19.8 Å². The summed E-state index contributed by atoms with van der Waals surface area (Å²) >= 11 is 0. The number of rotatable bonds is 2. The Morgan fingerprint density at radius 2 is 1.82 bits per heavy atom. The second-order valence-electron chi connectivity index (χ2n) is 8.30. The predicted octanol–water partition coefficient (Wildman–Crippen LogP) is 3.09. The van der Waals surface area contributed by atoms with E-state index in [2.05, 4.69) is 38.7 Å². The van der Waals surface area contributed by atoms with E-state index >= 15 is 0 Å². The first-order valence-electron chi connectivity index (χ1n) is 8.17. The number of hydrogen-bond donors (Lipinski definition) is 1. The largest absolute Gasteiger partial charge is 0.408 e. The molecule has 0 aromatic heterocycles. The lowest BCUT2D eigenvalue weighted by atomic mass is 9.62. The number of carbonyl (C=O) groups excluding carboxylic acids is 1. The molecule has 0 bridgehead atoms. The van der Waals surface area contributed by atoms with Crippen molar-refractivity contribution in [3.8, 4) is 0 Å². The highest BCUT2D eigenvalue weighted by atomic mass is 28.4. The van der Waals surface area contributed by atoms with Gasteiger partial charge in [-0.15, -0.1) is 0 Å². The Bertz CT molecular complexity index is 534. The highest BCUT2D eigenvalue weighted by Gasteiger charge is 2.66. The first-order chi connectivity index (χ1) is 9.99. The minimum absolute atomic E-state index is 0.0120. The monoisotopic (exact) mass is 324 g/mol. The van der Waals surface area contributed by atoms with E-state index in [0.717, 1.165) is 12.8 Å². The highest BCUT2D eigenvalue weighted by molar-refractivity contribution is 6.74. The molecular weight excluding hydrogens is 296 g/mol. The molecule has 2 aliphatic carbocycles. The molecule has 6 heteroatoms. The zero-order chi connectivity index (χ0) is 16.8. The molecule has 124 valence electrons. The molecule has 2 rings (SSSR count). The number of Topliss-reactive ketones (excluding diaryl/α,β-unsaturated/α-hetero) is 1. The molecule has 2 saturated carbocycles. The van der Waals surface area contributed by atoms with Crippen LogP contribution in [0.15, 0.2) is 0 Å². The molecule has 0 amide bonds. The van der Waals surface area contributed by atoms with Gasteiger partial charge >= 0.3 is 5.71 Å². The second-order valence-corrected chi connectivity index (χ2v) is 13.0. The summed E-state index contributed by atoms with van der Waals surface area (Å²) in [5.74, 6) is -0.263. The summed E-state index contributed by atoms with van der Waals surface area (Å²) < 4.78 is 6.66. The van der Waals surface area contributed by atoms with Crippen LogP contribution < -0.4 is 0 Å². The highest BCUT2D eigenvalue weighted by Crippen LogP contribution is 2.51. The Balaban J connectivity index is 2.49. The lowest BCUT2D eigenvalue weighted by molar-refractivity contribution is -0.168. The quantitative estimate of drug-likeness (QED) is 0.481. The summed E-state index contributed by atoms with van der Waals surface area (Å²) in [7, 11) is -2.13. The fraction of sp³-hybridized carbons (Fsp3) is 0.875. The Kier molecular flexibility index (Phi) is 4.28. The summed E-state index contributed by atoms with van der Waals surface area (Å²) in [4.78, 5) is 15.3. The molecular formula is C16H28N2O3Si. The third-order valence-corrected chi connectivity index (χ3v) is 10.4. The van der Waals surface area contributed by atoms with Gasteiger partial charge in [0.05, 0.1) is 5.60 Å². The van der Waals surface area contributed by atoms with E-state index < -0.39 is 19.5 Å². The van der Waals surface area contributed by atoms with Crippen LogP contribution in [0.4, 0.5) is 0 Å². The van der Waals surface area contributed by atoms with E-state index in [1.807, 2.05) is 0 Å². The van der Waals surface area contributed by atoms with Gasteiger partial charge in [-0.05, 0) is 43.8 Å². The van der Waals surface area contributed by atoms with Crippen LogP contribution in [0.3, 0.4) is 0 Å². The van der Waals surface area contributed by atoms with E-state index in [-0.39, 0.29) is 23.0 Å². The Hall–Kier alpha value is -0.813. The first-order valence-corrected chi connectivity index (χ1v) is 11.1. The molecule has 2 aliphatic rings. The van der Waals surface area contributed by atoms with Gasteiger partial charge < -0.3 is 15.1 Å². The second kappa shape index (κ2) is 5.37. The summed E-state index contributed by atoms with van der Waals surface area (Å²) in [6, 6.07) is 0. The fourth-order valence-corrected chi connectivity index (χ4v) is 5.18. The van der Waals surface area contributed by atoms with Crippen molar-refractivity contribution in [2.75, 3.05) is 0 Å². The van der Waals surface area contributed by atoms with Crippen molar-refractivity contribution < 1.29 is 19.1 Å². The molecule has 0 radical (unpaired) electrons. The average molecular weight is 324 g/mol. The molecule has 0 aromatic rings. The van der Waals surface area contributed by atoms with Gasteiger partial charge in [-0.25, -0.2) is 0 Å². The van der Waals surface area contributed by atoms with E-state index in [4.69, 9.17) is 4.43 Å². The Morgan fingerprint density at radius 1 is 1.23 bits per heavy atom. The molecule has 0 unspecified atom stereocenters. The minimum Gasteiger partial charge on any atom is -0.408 e. The van der Waals surface area contributed by atoms with E-state index in [1.165, 1.54) is 0 Å². The number of fused-ring (bicyclic) bond motifs is 1. The molecule has 1 N–H and O–H groups in total. The molecule has 0 spiro atoms. The van der Waals surface area contributed by atoms with Gasteiger partial charge in [-0.2, -0.15) is 4.79 Å². The van der Waals surface area contributed by atoms with Gasteiger partial charge in [0.25, 0.3) is 0 Å². The van der Waals surface area contributed by atoms with Gasteiger partial charge in [-0.1, -0.05) is 27.2 Å². The number of aliphatic hydroxyl groups is 1. The molecule has 0 saturated heterocycles. The van der Waals surface area contributed by atoms with Crippen molar-refractivity contribution in [3.05, 3.63) is 5.53 Å². The minimum atomic E-state index is -2.13. The van der Waals surface area contributed by atoms with Crippen LogP contribution in [0, 0.1) is 0 Å². The molecule has 0 aromatic carbocycles. The van der Waals surface area contributed by atoms with E-state index in [9.17, 15) is 15.4 Å². The van der Waals surface area contributed by atoms with Crippen LogP contribution >= 0.6 is 0 Å². The zero-order valence-corrected chi connectivity index (χ0v) is 15.4. The maximum atomic E-state index is 12.1. The van der Waals surface area contributed by atoms with Crippen LogP contribution in [-0.2, 0) is 9.22 Å². The van der Waals surface area contributed by atoms with Crippen LogP contribution in [-0.4, -0.2) is 40.9 Å². The Morgan fingerprint density at radius 3 is 2.36 bits per heavy atom. The summed E-state index contributed by atoms with van der Waals surface area (Å²) in [6.07, 6.45) is 3.69. The summed E-state index contributed by atoms with van der Waals surface area (Å²) in [5.41, 5.74) is 6.96. The van der Waals surface area contributed by atoms with Crippen molar-refractivity contribution in [1.82, 2.24) is 0 Å². The topological polar surface area (TPSA) is 82.9 Å². The number of carbonyl (C=O) groups is 1. The average Bonchev–Trinajstić information content (AvgIpc) is 2.38. The number of nitrogens with zero attached hydrogens (tertiary/aromatic N) is 2. The van der Waals surface area contributed by atoms with Crippen LogP contribution in [0.25, 0.3) is 5.53 Å². The first kappa shape index (κ1) is 17.5. The number of hydrogen-bond acceptors (Lipinski definition) is 3. The van der Waals surface area contributed by atoms with Crippen LogP contribution in [0.2, 0.25) is 18.1 Å². The molecule has 2 fully saturated rings. The van der Waals surface area contributed by atoms with Crippen molar-refractivity contribution in [3.63, 3.8) is 0 Å². The van der Waals surface area contributed by atoms with Gasteiger partial charge in [0.2, 0.25) is 5.78 Å². The van der Waals surface area contributed by atoms with Gasteiger partial charge in [0.1, 0.15) is 0 Å². The summed E-state index contributed by atoms with van der Waals surface area (Å²) in [5, 5.41) is 11.3. The fourth-order valence-electron chi connectivity index (χ4n) is 3.52. The normalized spacial score (nSPS) is 33.4. The molecule has 2 atom stereocenters.